The van der Waals surface area contributed by atoms with Gasteiger partial charge in [-0.25, -0.2) is 9.97 Å². The molecule has 130 valence electrons. The number of benzene rings is 1. The average molecular weight is 376 g/mol. The highest BCUT2D eigenvalue weighted by molar-refractivity contribution is 8.01. The van der Waals surface area contributed by atoms with Crippen molar-refractivity contribution in [1.82, 2.24) is 9.97 Å². The summed E-state index contributed by atoms with van der Waals surface area (Å²) in [6.07, 6.45) is 0. The van der Waals surface area contributed by atoms with Crippen molar-refractivity contribution in [3.63, 3.8) is 0 Å². The maximum Gasteiger partial charge on any atom is 0.461 e. The number of anilines is 2. The van der Waals surface area contributed by atoms with Crippen molar-refractivity contribution in [2.45, 2.75) is 16.4 Å². The predicted molar refractivity (Wildman–Crippen MR) is 90.9 cm³/mol. The fraction of sp³-hybridized carbons (Fsp3) is 0.286. The highest BCUT2D eigenvalue weighted by atomic mass is 32.2. The molecule has 0 unspecified atom stereocenters. The topological polar surface area (TPSA) is 70.1 Å². The predicted octanol–water partition coefficient (Wildman–Crippen LogP) is 3.75. The number of halogens is 3. The van der Waals surface area contributed by atoms with Gasteiger partial charge in [0, 0.05) is 18.4 Å². The van der Waals surface area contributed by atoms with Gasteiger partial charge in [0.05, 0.1) is 18.6 Å². The normalized spacial score (nSPS) is 11.3. The van der Waals surface area contributed by atoms with Gasteiger partial charge in [0.2, 0.25) is 0 Å². The quantitative estimate of drug-likeness (QED) is 0.368. The molecule has 24 heavy (non-hydrogen) atoms. The maximum atomic E-state index is 12.3. The Kier molecular flexibility index (Phi) is 7.00. The molecule has 1 heterocycles. The second-order valence-corrected chi connectivity index (χ2v) is 6.31. The van der Waals surface area contributed by atoms with Crippen LogP contribution in [-0.2, 0) is 5.75 Å². The van der Waals surface area contributed by atoms with Gasteiger partial charge >= 0.3 is 5.51 Å². The summed E-state index contributed by atoms with van der Waals surface area (Å²) < 4.78 is 39.1. The lowest BCUT2D eigenvalue weighted by Gasteiger charge is -2.11. The van der Waals surface area contributed by atoms with E-state index < -0.39 is 5.51 Å². The monoisotopic (exact) mass is 376 g/mol. The molecular weight excluding hydrogens is 361 g/mol. The Balaban J connectivity index is 2.09. The smallest absolute Gasteiger partial charge is 0.395 e. The van der Waals surface area contributed by atoms with Gasteiger partial charge in [-0.05, 0) is 5.56 Å². The number of hydrogen-bond donors (Lipinski definition) is 3. The van der Waals surface area contributed by atoms with E-state index >= 15 is 0 Å². The summed E-state index contributed by atoms with van der Waals surface area (Å²) in [4.78, 5) is 8.31. The first-order chi connectivity index (χ1) is 11.5. The fourth-order valence-electron chi connectivity index (χ4n) is 1.65. The molecule has 0 amide bonds. The van der Waals surface area contributed by atoms with Crippen LogP contribution >= 0.6 is 23.7 Å². The number of rotatable bonds is 8. The summed E-state index contributed by atoms with van der Waals surface area (Å²) >= 11 is 0.929. The van der Waals surface area contributed by atoms with E-state index in [9.17, 15) is 13.2 Å². The Labute approximate surface area is 145 Å². The van der Waals surface area contributed by atoms with E-state index in [2.05, 4.69) is 20.0 Å². The van der Waals surface area contributed by atoms with E-state index in [-0.39, 0.29) is 30.9 Å². The Morgan fingerprint density at radius 1 is 1.08 bits per heavy atom. The van der Waals surface area contributed by atoms with Crippen molar-refractivity contribution in [2.24, 2.45) is 0 Å². The number of aliphatic hydroxyl groups excluding tert-OH is 1. The minimum absolute atomic E-state index is 0.0447. The molecule has 0 aliphatic rings. The standard InChI is InChI=1S/C14H15F3N4OS2/c15-14(16,17)24-21-12-8-11(18-6-7-22)19-13(20-12)23-9-10-4-2-1-3-5-10/h1-5,8,22H,6-7,9H2,(H2,18,19,20,21). The van der Waals surface area contributed by atoms with Gasteiger partial charge in [-0.15, -0.1) is 0 Å². The molecule has 0 atom stereocenters. The molecule has 0 saturated heterocycles. The fourth-order valence-corrected chi connectivity index (χ4v) is 2.79. The lowest BCUT2D eigenvalue weighted by Crippen LogP contribution is -2.10. The van der Waals surface area contributed by atoms with Crippen molar-refractivity contribution >= 4 is 35.3 Å². The molecule has 5 nitrogen and oxygen atoms in total. The van der Waals surface area contributed by atoms with Crippen LogP contribution in [0, 0.1) is 0 Å². The van der Waals surface area contributed by atoms with Crippen LogP contribution in [0.15, 0.2) is 41.6 Å². The molecule has 1 aromatic heterocycles. The van der Waals surface area contributed by atoms with Gasteiger partial charge in [-0.2, -0.15) is 13.2 Å². The first-order valence-electron chi connectivity index (χ1n) is 6.87. The summed E-state index contributed by atoms with van der Waals surface area (Å²) in [6, 6.07) is 11.0. The van der Waals surface area contributed by atoms with Gasteiger partial charge < -0.3 is 15.1 Å². The van der Waals surface area contributed by atoms with Crippen LogP contribution in [0.1, 0.15) is 5.56 Å². The van der Waals surface area contributed by atoms with E-state index in [4.69, 9.17) is 5.11 Å². The number of nitrogens with one attached hydrogen (secondary N) is 2. The van der Waals surface area contributed by atoms with Gasteiger partial charge in [0.25, 0.3) is 0 Å². The van der Waals surface area contributed by atoms with Crippen LogP contribution in [0.2, 0.25) is 0 Å². The molecule has 0 radical (unpaired) electrons. The van der Waals surface area contributed by atoms with Crippen LogP contribution in [0.25, 0.3) is 0 Å². The molecule has 1 aromatic carbocycles. The molecule has 0 saturated carbocycles. The minimum Gasteiger partial charge on any atom is -0.395 e. The zero-order valence-corrected chi connectivity index (χ0v) is 14.0. The van der Waals surface area contributed by atoms with E-state index in [1.165, 1.54) is 17.8 Å². The lowest BCUT2D eigenvalue weighted by molar-refractivity contribution is -0.0323. The second-order valence-electron chi connectivity index (χ2n) is 4.50. The van der Waals surface area contributed by atoms with Crippen LogP contribution in [0.3, 0.4) is 0 Å². The van der Waals surface area contributed by atoms with Crippen molar-refractivity contribution in [2.75, 3.05) is 23.2 Å². The van der Waals surface area contributed by atoms with Gasteiger partial charge in [-0.1, -0.05) is 42.1 Å². The minimum atomic E-state index is -4.42. The highest BCUT2D eigenvalue weighted by Gasteiger charge is 2.29. The molecule has 10 heteroatoms. The Hall–Kier alpha value is -1.65. The Morgan fingerprint density at radius 3 is 2.46 bits per heavy atom. The third-order valence-electron chi connectivity index (χ3n) is 2.61. The largest absolute Gasteiger partial charge is 0.461 e. The van der Waals surface area contributed by atoms with Crippen molar-refractivity contribution in [3.05, 3.63) is 42.0 Å². The molecule has 0 spiro atoms. The highest BCUT2D eigenvalue weighted by Crippen LogP contribution is 2.31. The van der Waals surface area contributed by atoms with Gasteiger partial charge in [0.1, 0.15) is 11.6 Å². The summed E-state index contributed by atoms with van der Waals surface area (Å²) in [7, 11) is 0. The number of aliphatic hydroxyl groups is 1. The molecular formula is C14H15F3N4OS2. The van der Waals surface area contributed by atoms with Crippen molar-refractivity contribution < 1.29 is 18.3 Å². The summed E-state index contributed by atoms with van der Waals surface area (Å²) in [5.41, 5.74) is -3.36. The molecule has 0 aliphatic heterocycles. The van der Waals surface area contributed by atoms with Crippen molar-refractivity contribution in [3.8, 4) is 0 Å². The average Bonchev–Trinajstić information content (AvgIpc) is 2.57. The SMILES string of the molecule is OCCNc1cc(NSC(F)(F)F)nc(SCc2ccccc2)n1. The second kappa shape index (κ2) is 9.00. The molecule has 0 fully saturated rings. The summed E-state index contributed by atoms with van der Waals surface area (Å²) in [6.45, 7) is 0.127. The van der Waals surface area contributed by atoms with Gasteiger partial charge in [0.15, 0.2) is 5.16 Å². The van der Waals surface area contributed by atoms with E-state index in [0.29, 0.717) is 16.7 Å². The van der Waals surface area contributed by atoms with Crippen LogP contribution in [0.5, 0.6) is 0 Å². The lowest BCUT2D eigenvalue weighted by atomic mass is 10.2. The zero-order chi connectivity index (χ0) is 17.4. The zero-order valence-electron chi connectivity index (χ0n) is 12.4. The third-order valence-corrected chi connectivity index (χ3v) is 4.07. The number of aromatic nitrogens is 2. The number of thioether (sulfide) groups is 1. The summed E-state index contributed by atoms with van der Waals surface area (Å²) in [5, 5.41) is 12.0. The van der Waals surface area contributed by atoms with Crippen LogP contribution in [-0.4, -0.2) is 33.7 Å². The molecule has 2 aromatic rings. The first-order valence-corrected chi connectivity index (χ1v) is 8.68. The molecule has 0 bridgehead atoms. The first kappa shape index (κ1) is 18.7. The van der Waals surface area contributed by atoms with E-state index in [1.807, 2.05) is 30.3 Å². The van der Waals surface area contributed by atoms with Crippen molar-refractivity contribution in [1.29, 1.82) is 0 Å². The number of nitrogens with zero attached hydrogens (tertiary/aromatic N) is 2. The van der Waals surface area contributed by atoms with E-state index in [0.717, 1.165) is 5.56 Å². The Bertz CT molecular complexity index is 644. The summed E-state index contributed by atoms with van der Waals surface area (Å²) in [5.74, 6) is 0.985. The van der Waals surface area contributed by atoms with Crippen LogP contribution in [0.4, 0.5) is 24.8 Å². The van der Waals surface area contributed by atoms with E-state index in [1.54, 1.807) is 0 Å². The molecule has 2 rings (SSSR count). The van der Waals surface area contributed by atoms with Crippen LogP contribution < -0.4 is 10.0 Å². The number of hydrogen-bond acceptors (Lipinski definition) is 7. The molecule has 3 N–H and O–H groups in total. The Morgan fingerprint density at radius 2 is 1.79 bits per heavy atom. The molecule has 0 aliphatic carbocycles. The maximum absolute atomic E-state index is 12.3. The van der Waals surface area contributed by atoms with Gasteiger partial charge in [-0.3, -0.25) is 0 Å². The third kappa shape index (κ3) is 6.85. The number of alkyl halides is 3.